The molecule has 2 aromatic heterocycles. The van der Waals surface area contributed by atoms with E-state index >= 15 is 0 Å². The third-order valence-electron chi connectivity index (χ3n) is 5.75. The van der Waals surface area contributed by atoms with Gasteiger partial charge in [0.1, 0.15) is 11.9 Å². The molecule has 0 aliphatic carbocycles. The maximum atomic E-state index is 10.8. The van der Waals surface area contributed by atoms with Gasteiger partial charge in [-0.25, -0.2) is 9.97 Å². The van der Waals surface area contributed by atoms with Crippen LogP contribution >= 0.6 is 23.2 Å². The Bertz CT molecular complexity index is 1440. The molecule has 2 aromatic carbocycles. The van der Waals surface area contributed by atoms with E-state index in [1.54, 1.807) is 26.0 Å². The first-order valence-electron chi connectivity index (χ1n) is 11.8. The largest absolute Gasteiger partial charge is 2.00 e. The van der Waals surface area contributed by atoms with Gasteiger partial charge in [-0.05, 0) is 37.1 Å². The Hall–Kier alpha value is -3.51. The summed E-state index contributed by atoms with van der Waals surface area (Å²) in [5.41, 5.74) is 4.23. The first-order valence-corrected chi connectivity index (χ1v) is 12.5. The third kappa shape index (κ3) is 8.73. The molecule has 0 N–H and O–H groups in total. The first-order chi connectivity index (χ1) is 19.0. The Morgan fingerprint density at radius 2 is 1.02 bits per heavy atom. The molecule has 41 heavy (non-hydrogen) atoms. The summed E-state index contributed by atoms with van der Waals surface area (Å²) in [6.45, 7) is 3.39. The summed E-state index contributed by atoms with van der Waals surface area (Å²) in [7, 11) is 2.86. The fraction of sp³-hybridized carbons (Fsp3) is 0.214. The van der Waals surface area contributed by atoms with Gasteiger partial charge in [-0.15, -0.1) is 0 Å². The number of methoxy groups -OCH3 is 2. The average molecular weight is 608 g/mol. The number of aromatic nitrogens is 4. The van der Waals surface area contributed by atoms with Crippen molar-refractivity contribution in [1.29, 1.82) is 0 Å². The van der Waals surface area contributed by atoms with Crippen LogP contribution in [0.2, 0.25) is 10.0 Å². The van der Waals surface area contributed by atoms with Crippen molar-refractivity contribution in [3.05, 3.63) is 104 Å². The van der Waals surface area contributed by atoms with E-state index in [2.05, 4.69) is 19.9 Å². The molecular formula is C28H24Cl2MgN4O6. The zero-order chi connectivity index (χ0) is 29.4. The minimum absolute atomic E-state index is 0. The molecule has 2 heterocycles. The van der Waals surface area contributed by atoms with Gasteiger partial charge in [0, 0.05) is 45.4 Å². The van der Waals surface area contributed by atoms with E-state index in [9.17, 15) is 19.8 Å². The van der Waals surface area contributed by atoms with E-state index < -0.39 is 11.9 Å². The van der Waals surface area contributed by atoms with Crippen LogP contribution in [0.15, 0.2) is 48.5 Å². The van der Waals surface area contributed by atoms with Crippen LogP contribution in [0.5, 0.6) is 11.8 Å². The van der Waals surface area contributed by atoms with Gasteiger partial charge in [0.15, 0.2) is 11.6 Å². The Kier molecular flexibility index (Phi) is 12.7. The van der Waals surface area contributed by atoms with Crippen molar-refractivity contribution in [2.45, 2.75) is 26.7 Å². The molecule has 208 valence electrons. The van der Waals surface area contributed by atoms with Gasteiger partial charge >= 0.3 is 23.1 Å². The molecule has 0 fully saturated rings. The van der Waals surface area contributed by atoms with E-state index in [1.807, 2.05) is 36.4 Å². The molecular weight excluding hydrogens is 584 g/mol. The standard InChI is InChI=1S/2C14H13ClN2O3.Mg/c2*1-8-10(7-9-5-3-4-6-11(9)15)13(20-2)17-12(16-8)14(18)19;/h2*3-6H,7H2,1-2H3,(H,18,19);/q;;+2/p-2. The van der Waals surface area contributed by atoms with Gasteiger partial charge in [-0.2, -0.15) is 9.97 Å². The Morgan fingerprint density at radius 3 is 1.32 bits per heavy atom. The number of benzene rings is 2. The molecule has 0 saturated heterocycles. The molecule has 4 aromatic rings. The van der Waals surface area contributed by atoms with E-state index in [4.69, 9.17) is 32.7 Å². The van der Waals surface area contributed by atoms with Crippen molar-refractivity contribution in [2.75, 3.05) is 14.2 Å². The second kappa shape index (κ2) is 15.5. The molecule has 0 amide bonds. The van der Waals surface area contributed by atoms with Crippen molar-refractivity contribution >= 4 is 58.2 Å². The number of rotatable bonds is 8. The van der Waals surface area contributed by atoms with Gasteiger partial charge in [-0.1, -0.05) is 59.6 Å². The number of carbonyl (C=O) groups excluding carboxylic acids is 2. The second-order valence-electron chi connectivity index (χ2n) is 8.35. The van der Waals surface area contributed by atoms with Crippen LogP contribution < -0.4 is 19.7 Å². The average Bonchev–Trinajstić information content (AvgIpc) is 2.92. The molecule has 0 spiro atoms. The van der Waals surface area contributed by atoms with Gasteiger partial charge in [0.25, 0.3) is 0 Å². The number of carbonyl (C=O) groups is 2. The number of nitrogens with zero attached hydrogens (tertiary/aromatic N) is 4. The molecule has 0 unspecified atom stereocenters. The maximum Gasteiger partial charge on any atom is 2.00 e. The van der Waals surface area contributed by atoms with Crippen LogP contribution in [0, 0.1) is 13.8 Å². The molecule has 13 heteroatoms. The molecule has 0 saturated carbocycles. The third-order valence-corrected chi connectivity index (χ3v) is 6.49. The molecule has 0 bridgehead atoms. The predicted octanol–water partition coefficient (Wildman–Crippen LogP) is 2.42. The molecule has 0 aliphatic rings. The number of aryl methyl sites for hydroxylation is 2. The SMILES string of the molecule is COc1nc(C(=O)[O-])nc(C)c1Cc1ccccc1Cl.COc1nc(C(=O)[O-])nc(C)c1Cc1ccccc1Cl.[Mg+2]. The van der Waals surface area contributed by atoms with Gasteiger partial charge in [0.05, 0.1) is 14.2 Å². The number of carboxylic acid groups (broad SMARTS) is 2. The summed E-state index contributed by atoms with van der Waals surface area (Å²) in [6.07, 6.45) is 0.921. The first kappa shape index (κ1) is 33.7. The fourth-order valence-corrected chi connectivity index (χ4v) is 4.14. The fourth-order valence-electron chi connectivity index (χ4n) is 3.73. The number of aromatic carboxylic acids is 2. The van der Waals surface area contributed by atoms with E-state index in [-0.39, 0.29) is 46.5 Å². The molecule has 0 atom stereocenters. The van der Waals surface area contributed by atoms with Crippen LogP contribution in [0.1, 0.15) is 54.9 Å². The van der Waals surface area contributed by atoms with Crippen LogP contribution in [-0.2, 0) is 12.8 Å². The monoisotopic (exact) mass is 606 g/mol. The van der Waals surface area contributed by atoms with Gasteiger partial charge < -0.3 is 29.3 Å². The molecule has 0 aliphatic heterocycles. The molecule has 0 radical (unpaired) electrons. The Labute approximate surface area is 262 Å². The van der Waals surface area contributed by atoms with Crippen molar-refractivity contribution in [3.63, 3.8) is 0 Å². The maximum absolute atomic E-state index is 10.8. The number of hydrogen-bond acceptors (Lipinski definition) is 10. The molecule has 10 nitrogen and oxygen atoms in total. The Morgan fingerprint density at radius 1 is 0.683 bits per heavy atom. The quantitative estimate of drug-likeness (QED) is 0.273. The summed E-state index contributed by atoms with van der Waals surface area (Å²) in [5.74, 6) is -3.20. The van der Waals surface area contributed by atoms with Crippen LogP contribution in [0.3, 0.4) is 0 Å². The zero-order valence-corrected chi connectivity index (χ0v) is 25.7. The number of ether oxygens (including phenoxy) is 2. The summed E-state index contributed by atoms with van der Waals surface area (Å²) >= 11 is 12.2. The second-order valence-corrected chi connectivity index (χ2v) is 9.17. The summed E-state index contributed by atoms with van der Waals surface area (Å²) in [6, 6.07) is 14.8. The van der Waals surface area contributed by atoms with E-state index in [0.717, 1.165) is 11.1 Å². The van der Waals surface area contributed by atoms with E-state index in [1.165, 1.54) is 14.2 Å². The normalized spacial score (nSPS) is 10.1. The van der Waals surface area contributed by atoms with Crippen LogP contribution in [-0.4, -0.2) is 69.1 Å². The van der Waals surface area contributed by atoms with Crippen LogP contribution in [0.25, 0.3) is 0 Å². The predicted molar refractivity (Wildman–Crippen MR) is 150 cm³/mol. The zero-order valence-electron chi connectivity index (χ0n) is 22.7. The minimum Gasteiger partial charge on any atom is -0.541 e. The number of hydrogen-bond donors (Lipinski definition) is 0. The van der Waals surface area contributed by atoms with E-state index in [0.29, 0.717) is 45.4 Å². The topological polar surface area (TPSA) is 150 Å². The van der Waals surface area contributed by atoms with Crippen molar-refractivity contribution < 1.29 is 29.3 Å². The van der Waals surface area contributed by atoms with Gasteiger partial charge in [0.2, 0.25) is 11.8 Å². The number of carboxylic acids is 2. The minimum atomic E-state index is -1.43. The smallest absolute Gasteiger partial charge is 0.541 e. The Balaban J connectivity index is 0.000000280. The van der Waals surface area contributed by atoms with Crippen molar-refractivity contribution in [3.8, 4) is 11.8 Å². The summed E-state index contributed by atoms with van der Waals surface area (Å²) < 4.78 is 10.3. The summed E-state index contributed by atoms with van der Waals surface area (Å²) in [5, 5.41) is 22.9. The summed E-state index contributed by atoms with van der Waals surface area (Å²) in [4.78, 5) is 37.2. The van der Waals surface area contributed by atoms with Crippen LogP contribution in [0.4, 0.5) is 0 Å². The van der Waals surface area contributed by atoms with Crippen molar-refractivity contribution in [1.82, 2.24) is 19.9 Å². The van der Waals surface area contributed by atoms with Crippen molar-refractivity contribution in [2.24, 2.45) is 0 Å². The van der Waals surface area contributed by atoms with Gasteiger partial charge in [-0.3, -0.25) is 0 Å². The number of halogens is 2. The molecule has 4 rings (SSSR count).